The highest BCUT2D eigenvalue weighted by molar-refractivity contribution is 6.04. The van der Waals surface area contributed by atoms with E-state index in [0.29, 0.717) is 59.7 Å². The Kier molecular flexibility index (Phi) is 6.89. The molecule has 7 nitrogen and oxygen atoms in total. The van der Waals surface area contributed by atoms with Crippen LogP contribution in [0.2, 0.25) is 0 Å². The molecule has 1 amide bonds. The quantitative estimate of drug-likeness (QED) is 0.334. The molecular formula is C29H29F4N5O2. The van der Waals surface area contributed by atoms with Gasteiger partial charge < -0.3 is 15.1 Å². The topological polar surface area (TPSA) is 78.4 Å². The number of nitrogens with one attached hydrogen (secondary N) is 1. The summed E-state index contributed by atoms with van der Waals surface area (Å²) in [5.74, 6) is -0.841. The molecule has 40 heavy (non-hydrogen) atoms. The van der Waals surface area contributed by atoms with Gasteiger partial charge in [-0.15, -0.1) is 0 Å². The van der Waals surface area contributed by atoms with E-state index >= 15 is 0 Å². The maximum absolute atomic E-state index is 15.0. The maximum atomic E-state index is 15.0. The van der Waals surface area contributed by atoms with Gasteiger partial charge in [-0.25, -0.2) is 14.4 Å². The number of nitrogens with zero attached hydrogens (tertiary/aromatic N) is 4. The average molecular weight is 556 g/mol. The molecule has 1 aromatic heterocycles. The second-order valence-electron chi connectivity index (χ2n) is 10.6. The molecule has 2 aliphatic heterocycles. The summed E-state index contributed by atoms with van der Waals surface area (Å²) in [5.41, 5.74) is -0.145. The Hall–Kier alpha value is -3.86. The van der Waals surface area contributed by atoms with Gasteiger partial charge in [0, 0.05) is 28.9 Å². The number of amides is 1. The summed E-state index contributed by atoms with van der Waals surface area (Å²) in [6, 6.07) is 9.09. The fraction of sp³-hybridized carbons (Fsp3) is 0.379. The van der Waals surface area contributed by atoms with Gasteiger partial charge in [0.15, 0.2) is 5.78 Å². The number of alkyl halides is 3. The van der Waals surface area contributed by atoms with Crippen molar-refractivity contribution in [2.45, 2.75) is 51.4 Å². The first-order valence-electron chi connectivity index (χ1n) is 12.9. The molecule has 1 spiro atoms. The second-order valence-corrected chi connectivity index (χ2v) is 10.6. The van der Waals surface area contributed by atoms with Crippen LogP contribution in [0.4, 0.5) is 29.1 Å². The monoisotopic (exact) mass is 555 g/mol. The molecule has 5 rings (SSSR count). The number of benzene rings is 2. The van der Waals surface area contributed by atoms with Crippen LogP contribution < -0.4 is 10.2 Å². The van der Waals surface area contributed by atoms with E-state index in [0.717, 1.165) is 0 Å². The number of likely N-dealkylation sites (tertiary alicyclic amines) is 1. The van der Waals surface area contributed by atoms with Crippen LogP contribution in [0.1, 0.15) is 64.9 Å². The Morgan fingerprint density at radius 2 is 1.82 bits per heavy atom. The first kappa shape index (κ1) is 27.7. The molecule has 0 aliphatic carbocycles. The van der Waals surface area contributed by atoms with Gasteiger partial charge in [-0.3, -0.25) is 9.59 Å². The van der Waals surface area contributed by atoms with Crippen molar-refractivity contribution in [1.82, 2.24) is 14.9 Å². The predicted molar refractivity (Wildman–Crippen MR) is 142 cm³/mol. The van der Waals surface area contributed by atoms with Crippen LogP contribution >= 0.6 is 0 Å². The number of ketones is 1. The third-order valence-electron chi connectivity index (χ3n) is 7.74. The molecule has 210 valence electrons. The zero-order valence-electron chi connectivity index (χ0n) is 22.6. The molecule has 11 heteroatoms. The molecule has 3 heterocycles. The van der Waals surface area contributed by atoms with E-state index in [1.54, 1.807) is 43.0 Å². The Balaban J connectivity index is 1.60. The molecule has 0 bridgehead atoms. The summed E-state index contributed by atoms with van der Waals surface area (Å²) < 4.78 is 55.1. The number of rotatable bonds is 5. The first-order chi connectivity index (χ1) is 18.8. The molecule has 1 N–H and O–H groups in total. The molecular weight excluding hydrogens is 526 g/mol. The number of fused-ring (bicyclic) bond motifs is 2. The van der Waals surface area contributed by atoms with Crippen molar-refractivity contribution in [3.8, 4) is 0 Å². The summed E-state index contributed by atoms with van der Waals surface area (Å²) >= 11 is 0. The number of carbonyl (C=O) groups is 2. The molecule has 3 aromatic rings. The lowest BCUT2D eigenvalue weighted by atomic mass is 9.76. The highest BCUT2D eigenvalue weighted by Gasteiger charge is 2.53. The minimum atomic E-state index is -4.83. The number of likely N-dealkylation sites (N-methyl/N-ethyl adjacent to an activating group) is 1. The third kappa shape index (κ3) is 4.72. The number of halogens is 4. The molecule has 0 radical (unpaired) electrons. The standard InChI is InChI=1S/C29H29F4N5O2/c1-16(21-6-5-7-23(24(21)30)29(31,32)33)34-26-22-14-38(20-10-8-19(9-11-20)17(2)39)27(40)28(12-13-37(4)15-28)25(22)35-18(3)36-26/h5-11,16H,12-15H2,1-4H3,(H,34,35,36)/t16-,28?/m1/s1. The largest absolute Gasteiger partial charge is 0.419 e. The van der Waals surface area contributed by atoms with Crippen LogP contribution in [0.25, 0.3) is 0 Å². The summed E-state index contributed by atoms with van der Waals surface area (Å²) in [6.45, 7) is 5.90. The van der Waals surface area contributed by atoms with Crippen LogP contribution in [0.3, 0.4) is 0 Å². The van der Waals surface area contributed by atoms with Gasteiger partial charge in [-0.1, -0.05) is 12.1 Å². The van der Waals surface area contributed by atoms with E-state index in [1.165, 1.54) is 19.1 Å². The highest BCUT2D eigenvalue weighted by atomic mass is 19.4. The molecule has 2 aliphatic rings. The Morgan fingerprint density at radius 3 is 2.42 bits per heavy atom. The van der Waals surface area contributed by atoms with Gasteiger partial charge in [-0.05, 0) is 71.1 Å². The van der Waals surface area contributed by atoms with Gasteiger partial charge in [0.2, 0.25) is 5.91 Å². The van der Waals surface area contributed by atoms with Crippen molar-refractivity contribution in [3.05, 3.63) is 82.1 Å². The van der Waals surface area contributed by atoms with Gasteiger partial charge in [0.05, 0.1) is 23.8 Å². The number of carbonyl (C=O) groups excluding carboxylic acids is 2. The van der Waals surface area contributed by atoms with Crippen molar-refractivity contribution in [3.63, 3.8) is 0 Å². The smallest absolute Gasteiger partial charge is 0.363 e. The van der Waals surface area contributed by atoms with Gasteiger partial charge >= 0.3 is 6.18 Å². The van der Waals surface area contributed by atoms with Crippen LogP contribution in [0.5, 0.6) is 0 Å². The fourth-order valence-corrected chi connectivity index (χ4v) is 5.69. The van der Waals surface area contributed by atoms with Gasteiger partial charge in [0.1, 0.15) is 22.9 Å². The van der Waals surface area contributed by atoms with Crippen LogP contribution in [-0.4, -0.2) is 46.7 Å². The number of anilines is 2. The van der Waals surface area contributed by atoms with Crippen molar-refractivity contribution in [2.75, 3.05) is 30.4 Å². The normalized spacial score (nSPS) is 20.1. The first-order valence-corrected chi connectivity index (χ1v) is 12.9. The number of Topliss-reactive ketones (excluding diaryl/α,β-unsaturated/α-hetero) is 1. The Morgan fingerprint density at radius 1 is 1.12 bits per heavy atom. The van der Waals surface area contributed by atoms with Gasteiger partial charge in [0.25, 0.3) is 0 Å². The number of hydrogen-bond acceptors (Lipinski definition) is 6. The second kappa shape index (κ2) is 9.96. The van der Waals surface area contributed by atoms with Crippen molar-refractivity contribution in [1.29, 1.82) is 0 Å². The minimum Gasteiger partial charge on any atom is -0.363 e. The molecule has 1 fully saturated rings. The molecule has 1 unspecified atom stereocenters. The number of aromatic nitrogens is 2. The van der Waals surface area contributed by atoms with E-state index in [-0.39, 0.29) is 23.8 Å². The molecule has 1 saturated heterocycles. The molecule has 0 saturated carbocycles. The zero-order chi connectivity index (χ0) is 29.0. The summed E-state index contributed by atoms with van der Waals surface area (Å²) in [5, 5.41) is 3.12. The maximum Gasteiger partial charge on any atom is 0.419 e. The van der Waals surface area contributed by atoms with E-state index in [4.69, 9.17) is 4.98 Å². The predicted octanol–water partition coefficient (Wildman–Crippen LogP) is 5.44. The number of hydrogen-bond donors (Lipinski definition) is 1. The lowest BCUT2D eigenvalue weighted by Crippen LogP contribution is -2.53. The lowest BCUT2D eigenvalue weighted by molar-refractivity contribution is -0.140. The minimum absolute atomic E-state index is 0.0954. The SMILES string of the molecule is CC(=O)c1ccc(N2Cc3c(N[C@H](C)c4cccc(C(F)(F)F)c4F)nc(C)nc3C3(CCN(C)C3)C2=O)cc1. The van der Waals surface area contributed by atoms with Crippen molar-refractivity contribution in [2.24, 2.45) is 0 Å². The molecule has 2 atom stereocenters. The highest BCUT2D eigenvalue weighted by Crippen LogP contribution is 2.44. The van der Waals surface area contributed by atoms with E-state index < -0.39 is 29.0 Å². The van der Waals surface area contributed by atoms with E-state index in [1.807, 2.05) is 7.05 Å². The third-order valence-corrected chi connectivity index (χ3v) is 7.74. The zero-order valence-corrected chi connectivity index (χ0v) is 22.6. The summed E-state index contributed by atoms with van der Waals surface area (Å²) in [4.78, 5) is 38.9. The van der Waals surface area contributed by atoms with Crippen LogP contribution in [0.15, 0.2) is 42.5 Å². The van der Waals surface area contributed by atoms with Crippen LogP contribution in [0, 0.1) is 12.7 Å². The van der Waals surface area contributed by atoms with Gasteiger partial charge in [-0.2, -0.15) is 13.2 Å². The van der Waals surface area contributed by atoms with E-state index in [2.05, 4.69) is 15.2 Å². The van der Waals surface area contributed by atoms with Crippen molar-refractivity contribution >= 4 is 23.2 Å². The van der Waals surface area contributed by atoms with E-state index in [9.17, 15) is 27.2 Å². The Bertz CT molecular complexity index is 1490. The number of aryl methyl sites for hydroxylation is 1. The fourth-order valence-electron chi connectivity index (χ4n) is 5.69. The van der Waals surface area contributed by atoms with Crippen molar-refractivity contribution < 1.29 is 27.2 Å². The summed E-state index contributed by atoms with van der Waals surface area (Å²) in [7, 11) is 1.92. The summed E-state index contributed by atoms with van der Waals surface area (Å²) in [6.07, 6.45) is -4.31. The Labute approximate surface area is 229 Å². The average Bonchev–Trinajstić information content (AvgIpc) is 3.28. The van der Waals surface area contributed by atoms with Crippen LogP contribution in [-0.2, 0) is 22.9 Å². The molecule has 2 aromatic carbocycles. The lowest BCUT2D eigenvalue weighted by Gasteiger charge is -2.41.